The maximum Gasteiger partial charge on any atom is 0.306 e. The standard InChI is InChI=1S/C38H69N5O10S/c1-3-5-7-9-11-13-15-17-19-21-30(44)52-24-27(53-31(45)22-20-18-16-14-12-10-8-6-4-2)25-54-26-28(39)38(51)40-29-23-43(42-41-29)32-33(46)35(48)37(50)36(49)34(32)47/h23,27-28,32-37,46-50H,3-22,24-26,39H2,1-2H3,(H,40,51)/t27-,28-,32?,33+,34+,35-,36+,37+/m1/s1. The van der Waals surface area contributed by atoms with E-state index in [1.165, 1.54) is 88.6 Å². The molecule has 54 heavy (non-hydrogen) atoms. The monoisotopic (exact) mass is 787 g/mol. The van der Waals surface area contributed by atoms with Gasteiger partial charge in [0.1, 0.15) is 49.3 Å². The van der Waals surface area contributed by atoms with Crippen LogP contribution in [0, 0.1) is 0 Å². The van der Waals surface area contributed by atoms with Crippen LogP contribution in [0.5, 0.6) is 0 Å². The Balaban J connectivity index is 1.82. The lowest BCUT2D eigenvalue weighted by atomic mass is 9.83. The molecule has 1 saturated carbocycles. The molecule has 1 unspecified atom stereocenters. The molecular formula is C38H69N5O10S. The molecule has 1 aliphatic rings. The molecule has 0 radical (unpaired) electrons. The van der Waals surface area contributed by atoms with Crippen LogP contribution < -0.4 is 11.1 Å². The normalized spacial score (nSPS) is 22.4. The first-order chi connectivity index (χ1) is 26.0. The fraction of sp³-hybridized carbons (Fsp3) is 0.868. The molecule has 1 aromatic heterocycles. The van der Waals surface area contributed by atoms with Crippen molar-refractivity contribution < 1.29 is 49.4 Å². The number of thioether (sulfide) groups is 1. The van der Waals surface area contributed by atoms with Gasteiger partial charge in [0, 0.05) is 24.3 Å². The van der Waals surface area contributed by atoms with Gasteiger partial charge in [-0.2, -0.15) is 11.8 Å². The maximum atomic E-state index is 12.8. The molecule has 16 heteroatoms. The molecule has 312 valence electrons. The zero-order valence-corrected chi connectivity index (χ0v) is 33.4. The topological polar surface area (TPSA) is 240 Å². The number of amides is 1. The quantitative estimate of drug-likeness (QED) is 0.0432. The van der Waals surface area contributed by atoms with Crippen molar-refractivity contribution in [1.29, 1.82) is 0 Å². The largest absolute Gasteiger partial charge is 0.462 e. The van der Waals surface area contributed by atoms with E-state index in [0.29, 0.717) is 6.42 Å². The second-order valence-corrected chi connectivity index (χ2v) is 15.7. The highest BCUT2D eigenvalue weighted by atomic mass is 32.2. The number of rotatable bonds is 30. The Kier molecular flexibility index (Phi) is 24.9. The van der Waals surface area contributed by atoms with Gasteiger partial charge in [-0.1, -0.05) is 122 Å². The number of ether oxygens (including phenoxy) is 2. The van der Waals surface area contributed by atoms with E-state index in [0.717, 1.165) is 49.6 Å². The minimum atomic E-state index is -1.76. The molecule has 2 rings (SSSR count). The summed E-state index contributed by atoms with van der Waals surface area (Å²) in [6, 6.07) is -2.36. The smallest absolute Gasteiger partial charge is 0.306 e. The molecule has 1 amide bonds. The van der Waals surface area contributed by atoms with Gasteiger partial charge in [0.25, 0.3) is 0 Å². The summed E-state index contributed by atoms with van der Waals surface area (Å²) in [6.07, 6.45) is 12.8. The van der Waals surface area contributed by atoms with E-state index in [-0.39, 0.29) is 42.3 Å². The Labute approximate surface area is 325 Å². The summed E-state index contributed by atoms with van der Waals surface area (Å²) in [7, 11) is 0. The number of hydrogen-bond donors (Lipinski definition) is 7. The van der Waals surface area contributed by atoms with Crippen LogP contribution >= 0.6 is 11.8 Å². The lowest BCUT2D eigenvalue weighted by Gasteiger charge is -2.41. The van der Waals surface area contributed by atoms with Crippen molar-refractivity contribution in [2.45, 2.75) is 191 Å². The molecule has 0 saturated heterocycles. The van der Waals surface area contributed by atoms with Crippen LogP contribution in [0.25, 0.3) is 0 Å². The zero-order chi connectivity index (χ0) is 39.7. The van der Waals surface area contributed by atoms with Crippen molar-refractivity contribution in [3.05, 3.63) is 6.20 Å². The second-order valence-electron chi connectivity index (χ2n) is 14.6. The maximum absolute atomic E-state index is 12.8. The van der Waals surface area contributed by atoms with Crippen LogP contribution in [0.4, 0.5) is 5.82 Å². The van der Waals surface area contributed by atoms with Gasteiger partial charge in [0.2, 0.25) is 5.91 Å². The average molecular weight is 788 g/mol. The molecule has 8 N–H and O–H groups in total. The number of nitrogens with zero attached hydrogens (tertiary/aromatic N) is 3. The van der Waals surface area contributed by atoms with Crippen LogP contribution in [-0.2, 0) is 23.9 Å². The fourth-order valence-electron chi connectivity index (χ4n) is 6.40. The Bertz CT molecular complexity index is 1160. The third-order valence-electron chi connectivity index (χ3n) is 9.80. The van der Waals surface area contributed by atoms with Gasteiger partial charge in [-0.25, -0.2) is 4.68 Å². The Hall–Kier alpha value is -2.34. The van der Waals surface area contributed by atoms with Gasteiger partial charge in [0.05, 0.1) is 12.2 Å². The minimum Gasteiger partial charge on any atom is -0.462 e. The first-order valence-electron chi connectivity index (χ1n) is 20.3. The Morgan fingerprint density at radius 1 is 0.722 bits per heavy atom. The number of carbonyl (C=O) groups excluding carboxylic acids is 3. The van der Waals surface area contributed by atoms with Crippen molar-refractivity contribution in [2.75, 3.05) is 23.4 Å². The summed E-state index contributed by atoms with van der Waals surface area (Å²) >= 11 is 1.27. The molecule has 1 aromatic rings. The summed E-state index contributed by atoms with van der Waals surface area (Å²) in [5.74, 6) is -0.972. The van der Waals surface area contributed by atoms with Crippen LogP contribution in [-0.4, -0.2) is 119 Å². The second kappa shape index (κ2) is 28.1. The molecule has 0 bridgehead atoms. The van der Waals surface area contributed by atoms with Crippen molar-refractivity contribution in [3.8, 4) is 0 Å². The number of hydrogen-bond acceptors (Lipinski definition) is 14. The molecule has 0 spiro atoms. The number of aliphatic hydroxyl groups excluding tert-OH is 5. The number of anilines is 1. The highest BCUT2D eigenvalue weighted by molar-refractivity contribution is 7.99. The number of carbonyl (C=O) groups is 3. The molecule has 8 atom stereocenters. The van der Waals surface area contributed by atoms with E-state index in [1.54, 1.807) is 0 Å². The predicted octanol–water partition coefficient (Wildman–Crippen LogP) is 3.93. The molecule has 0 aliphatic heterocycles. The van der Waals surface area contributed by atoms with Gasteiger partial charge in [0.15, 0.2) is 5.82 Å². The molecular weight excluding hydrogens is 719 g/mol. The van der Waals surface area contributed by atoms with E-state index in [1.807, 2.05) is 0 Å². The summed E-state index contributed by atoms with van der Waals surface area (Å²) in [6.45, 7) is 4.32. The van der Waals surface area contributed by atoms with Crippen LogP contribution in [0.15, 0.2) is 6.20 Å². The van der Waals surface area contributed by atoms with Crippen LogP contribution in [0.3, 0.4) is 0 Å². The van der Waals surface area contributed by atoms with E-state index >= 15 is 0 Å². The van der Waals surface area contributed by atoms with Gasteiger partial charge < -0.3 is 46.1 Å². The minimum absolute atomic E-state index is 0.0582. The number of nitrogens with one attached hydrogen (secondary N) is 1. The number of esters is 2. The molecule has 0 aromatic carbocycles. The van der Waals surface area contributed by atoms with Gasteiger partial charge in [-0.3, -0.25) is 14.4 Å². The lowest BCUT2D eigenvalue weighted by molar-refractivity contribution is -0.200. The van der Waals surface area contributed by atoms with Gasteiger partial charge >= 0.3 is 11.9 Å². The van der Waals surface area contributed by atoms with E-state index in [9.17, 15) is 39.9 Å². The zero-order valence-electron chi connectivity index (χ0n) is 32.6. The fourth-order valence-corrected chi connectivity index (χ4v) is 7.37. The van der Waals surface area contributed by atoms with E-state index in [2.05, 4.69) is 29.5 Å². The molecule has 1 fully saturated rings. The van der Waals surface area contributed by atoms with Crippen molar-refractivity contribution in [2.24, 2.45) is 5.73 Å². The van der Waals surface area contributed by atoms with Crippen molar-refractivity contribution in [3.63, 3.8) is 0 Å². The third kappa shape index (κ3) is 18.5. The van der Waals surface area contributed by atoms with E-state index < -0.39 is 54.6 Å². The Morgan fingerprint density at radius 3 is 1.70 bits per heavy atom. The molecule has 15 nitrogen and oxygen atoms in total. The number of unbranched alkanes of at least 4 members (excludes halogenated alkanes) is 16. The van der Waals surface area contributed by atoms with Crippen molar-refractivity contribution >= 4 is 35.4 Å². The van der Waals surface area contributed by atoms with Crippen LogP contribution in [0.1, 0.15) is 148 Å². The van der Waals surface area contributed by atoms with Gasteiger partial charge in [-0.05, 0) is 12.8 Å². The molecule has 1 aliphatic carbocycles. The number of nitrogens with two attached hydrogens (primary N) is 1. The van der Waals surface area contributed by atoms with E-state index in [4.69, 9.17) is 15.2 Å². The summed E-state index contributed by atoms with van der Waals surface area (Å²) in [5.41, 5.74) is 6.12. The SMILES string of the molecule is CCCCCCCCCCCC(=O)OC[C@H](CSC[C@@H](N)C(=O)Nc1cn(C2[C@H](O)[C@H](O)[C@@H](O)[C@H](O)[C@H]2O)nn1)OC(=O)CCCCCCCCCCC. The molecule has 1 heterocycles. The number of aromatic nitrogens is 3. The summed E-state index contributed by atoms with van der Waals surface area (Å²) < 4.78 is 12.2. The Morgan fingerprint density at radius 2 is 1.19 bits per heavy atom. The van der Waals surface area contributed by atoms with Crippen LogP contribution in [0.2, 0.25) is 0 Å². The summed E-state index contributed by atoms with van der Waals surface area (Å²) in [5, 5.41) is 60.7. The number of aliphatic hydroxyl groups is 5. The highest BCUT2D eigenvalue weighted by Crippen LogP contribution is 2.30. The van der Waals surface area contributed by atoms with Crippen molar-refractivity contribution in [1.82, 2.24) is 15.0 Å². The van der Waals surface area contributed by atoms with Gasteiger partial charge in [-0.15, -0.1) is 5.10 Å². The third-order valence-corrected chi connectivity index (χ3v) is 11.0. The summed E-state index contributed by atoms with van der Waals surface area (Å²) in [4.78, 5) is 38.1. The first kappa shape index (κ1) is 47.8. The lowest BCUT2D eigenvalue weighted by Crippen LogP contribution is -2.61. The average Bonchev–Trinajstić information content (AvgIpc) is 3.61. The first-order valence-corrected chi connectivity index (χ1v) is 21.5. The highest BCUT2D eigenvalue weighted by Gasteiger charge is 2.49. The predicted molar refractivity (Wildman–Crippen MR) is 208 cm³/mol.